The molecular weight excluding hydrogens is 264 g/mol. The van der Waals surface area contributed by atoms with Crippen LogP contribution < -0.4 is 0 Å². The third-order valence-electron chi connectivity index (χ3n) is 2.24. The van der Waals surface area contributed by atoms with Crippen LogP contribution in [0.1, 0.15) is 23.0 Å². The molecule has 2 nitrogen and oxygen atoms in total. The first-order valence-corrected chi connectivity index (χ1v) is 6.04. The molecule has 0 saturated heterocycles. The fourth-order valence-electron chi connectivity index (χ4n) is 1.40. The first-order valence-electron chi connectivity index (χ1n) is 4.43. The molecule has 0 aliphatic carbocycles. The van der Waals surface area contributed by atoms with Gasteiger partial charge in [0.05, 0.1) is 16.7 Å². The third-order valence-corrected chi connectivity index (χ3v) is 4.43. The van der Waals surface area contributed by atoms with E-state index < -0.39 is 6.10 Å². The molecule has 2 heterocycles. The van der Waals surface area contributed by atoms with Gasteiger partial charge in [-0.25, -0.2) is 0 Å². The first-order chi connectivity index (χ1) is 6.68. The molecule has 1 aliphatic rings. The van der Waals surface area contributed by atoms with E-state index >= 15 is 0 Å². The van der Waals surface area contributed by atoms with Crippen LogP contribution in [0.25, 0.3) is 0 Å². The van der Waals surface area contributed by atoms with Gasteiger partial charge in [0.25, 0.3) is 0 Å². The van der Waals surface area contributed by atoms with Gasteiger partial charge < -0.3 is 9.84 Å². The third kappa shape index (κ3) is 1.87. The number of aryl methyl sites for hydroxylation is 1. The molecule has 1 unspecified atom stereocenters. The minimum absolute atomic E-state index is 0.493. The van der Waals surface area contributed by atoms with Crippen molar-refractivity contribution in [1.29, 1.82) is 0 Å². The minimum atomic E-state index is -0.493. The second-order valence-electron chi connectivity index (χ2n) is 3.32. The summed E-state index contributed by atoms with van der Waals surface area (Å²) in [6.07, 6.45) is 2.01. The number of thiophene rings is 1. The Hall–Kier alpha value is -0.320. The van der Waals surface area contributed by atoms with Crippen molar-refractivity contribution in [1.82, 2.24) is 0 Å². The number of hydrogen-bond donors (Lipinski definition) is 1. The molecule has 0 bridgehead atoms. The van der Waals surface area contributed by atoms with E-state index in [-0.39, 0.29) is 0 Å². The number of rotatable bonds is 2. The quantitative estimate of drug-likeness (QED) is 0.898. The Morgan fingerprint density at radius 2 is 2.43 bits per heavy atom. The Kier molecular flexibility index (Phi) is 2.95. The van der Waals surface area contributed by atoms with Crippen LogP contribution in [0.5, 0.6) is 0 Å². The Balaban J connectivity index is 2.22. The van der Waals surface area contributed by atoms with Gasteiger partial charge in [-0.2, -0.15) is 0 Å². The lowest BCUT2D eigenvalue weighted by atomic mass is 10.1. The monoisotopic (exact) mass is 274 g/mol. The molecule has 0 spiro atoms. The van der Waals surface area contributed by atoms with E-state index in [9.17, 15) is 5.11 Å². The Labute approximate surface area is 95.3 Å². The van der Waals surface area contributed by atoms with Gasteiger partial charge >= 0.3 is 0 Å². The molecule has 0 radical (unpaired) electrons. The molecule has 2 rings (SSSR count). The minimum Gasteiger partial charge on any atom is -0.501 e. The number of ether oxygens (including phenoxy) is 1. The van der Waals surface area contributed by atoms with E-state index in [2.05, 4.69) is 15.9 Å². The predicted molar refractivity (Wildman–Crippen MR) is 60.4 cm³/mol. The van der Waals surface area contributed by atoms with E-state index in [4.69, 9.17) is 4.74 Å². The molecule has 76 valence electrons. The largest absolute Gasteiger partial charge is 0.501 e. The molecular formula is C10H11BrO2S. The normalized spacial score (nSPS) is 17.8. The van der Waals surface area contributed by atoms with Crippen molar-refractivity contribution < 1.29 is 9.84 Å². The molecule has 1 N–H and O–H groups in total. The maximum Gasteiger partial charge on any atom is 0.113 e. The summed E-state index contributed by atoms with van der Waals surface area (Å²) in [5, 5.41) is 10.00. The highest BCUT2D eigenvalue weighted by Gasteiger charge is 2.19. The van der Waals surface area contributed by atoms with Gasteiger partial charge in [-0.15, -0.1) is 11.3 Å². The zero-order valence-electron chi connectivity index (χ0n) is 7.79. The van der Waals surface area contributed by atoms with Gasteiger partial charge in [-0.05, 0) is 34.5 Å². The fraction of sp³-hybridized carbons (Fsp3) is 0.400. The SMILES string of the molecule is Cc1cc(C(O)C2=COCC2)sc1Br. The Morgan fingerprint density at radius 3 is 2.93 bits per heavy atom. The summed E-state index contributed by atoms with van der Waals surface area (Å²) in [5.74, 6) is 0. The molecule has 14 heavy (non-hydrogen) atoms. The Bertz CT molecular complexity index is 351. The lowest BCUT2D eigenvalue weighted by molar-refractivity contribution is 0.217. The standard InChI is InChI=1S/C10H11BrO2S/c1-6-4-8(14-10(6)11)9(12)7-2-3-13-5-7/h4-5,9,12H,2-3H2,1H3. The number of aliphatic hydroxyl groups is 1. The van der Waals surface area contributed by atoms with Crippen LogP contribution >= 0.6 is 27.3 Å². The van der Waals surface area contributed by atoms with E-state index in [0.717, 1.165) is 20.7 Å². The van der Waals surface area contributed by atoms with Crippen molar-refractivity contribution in [3.63, 3.8) is 0 Å². The van der Waals surface area contributed by atoms with Crippen LogP contribution in [0, 0.1) is 6.92 Å². The molecule has 1 aromatic heterocycles. The van der Waals surface area contributed by atoms with Gasteiger partial charge in [0.15, 0.2) is 0 Å². The lowest BCUT2D eigenvalue weighted by Crippen LogP contribution is -1.97. The predicted octanol–water partition coefficient (Wildman–Crippen LogP) is 3.16. The highest BCUT2D eigenvalue weighted by molar-refractivity contribution is 9.11. The van der Waals surface area contributed by atoms with Crippen LogP contribution in [-0.2, 0) is 4.74 Å². The average Bonchev–Trinajstić information content (AvgIpc) is 2.76. The van der Waals surface area contributed by atoms with Crippen LogP contribution in [0.2, 0.25) is 0 Å². The van der Waals surface area contributed by atoms with Crippen molar-refractivity contribution in [2.24, 2.45) is 0 Å². The maximum atomic E-state index is 10.00. The summed E-state index contributed by atoms with van der Waals surface area (Å²) in [6, 6.07) is 2.01. The van der Waals surface area contributed by atoms with E-state index in [1.54, 1.807) is 17.6 Å². The fourth-order valence-corrected chi connectivity index (χ4v) is 3.00. The molecule has 4 heteroatoms. The van der Waals surface area contributed by atoms with Crippen LogP contribution in [0.15, 0.2) is 21.7 Å². The van der Waals surface area contributed by atoms with Crippen LogP contribution in [-0.4, -0.2) is 11.7 Å². The van der Waals surface area contributed by atoms with Crippen molar-refractivity contribution in [3.05, 3.63) is 32.1 Å². The Morgan fingerprint density at radius 1 is 1.64 bits per heavy atom. The second-order valence-corrected chi connectivity index (χ2v) is 5.72. The van der Waals surface area contributed by atoms with Gasteiger partial charge in [-0.3, -0.25) is 0 Å². The van der Waals surface area contributed by atoms with Crippen molar-refractivity contribution in [2.45, 2.75) is 19.4 Å². The summed E-state index contributed by atoms with van der Waals surface area (Å²) < 4.78 is 6.20. The molecule has 1 aromatic rings. The number of hydrogen-bond acceptors (Lipinski definition) is 3. The van der Waals surface area contributed by atoms with Gasteiger partial charge in [-0.1, -0.05) is 0 Å². The maximum absolute atomic E-state index is 10.00. The smallest absolute Gasteiger partial charge is 0.113 e. The highest BCUT2D eigenvalue weighted by Crippen LogP contribution is 2.36. The zero-order valence-corrected chi connectivity index (χ0v) is 10.2. The van der Waals surface area contributed by atoms with E-state index in [1.165, 1.54) is 5.56 Å². The first kappa shape index (κ1) is 10.2. The summed E-state index contributed by atoms with van der Waals surface area (Å²) in [5.41, 5.74) is 2.14. The summed E-state index contributed by atoms with van der Waals surface area (Å²) in [4.78, 5) is 0.978. The highest BCUT2D eigenvalue weighted by atomic mass is 79.9. The summed E-state index contributed by atoms with van der Waals surface area (Å²) in [7, 11) is 0. The molecule has 1 aliphatic heterocycles. The average molecular weight is 275 g/mol. The van der Waals surface area contributed by atoms with E-state index in [0.29, 0.717) is 6.61 Å². The number of aliphatic hydroxyl groups excluding tert-OH is 1. The lowest BCUT2D eigenvalue weighted by Gasteiger charge is -2.06. The van der Waals surface area contributed by atoms with Gasteiger partial charge in [0.2, 0.25) is 0 Å². The van der Waals surface area contributed by atoms with E-state index in [1.807, 2.05) is 13.0 Å². The van der Waals surface area contributed by atoms with Crippen LogP contribution in [0.4, 0.5) is 0 Å². The van der Waals surface area contributed by atoms with Crippen molar-refractivity contribution in [2.75, 3.05) is 6.61 Å². The molecule has 0 aromatic carbocycles. The topological polar surface area (TPSA) is 29.5 Å². The second kappa shape index (κ2) is 4.04. The van der Waals surface area contributed by atoms with Crippen molar-refractivity contribution in [3.8, 4) is 0 Å². The molecule has 1 atom stereocenters. The molecule has 0 fully saturated rings. The molecule has 0 amide bonds. The van der Waals surface area contributed by atoms with Crippen molar-refractivity contribution >= 4 is 27.3 Å². The van der Waals surface area contributed by atoms with Gasteiger partial charge in [0, 0.05) is 16.9 Å². The molecule has 0 saturated carbocycles. The zero-order chi connectivity index (χ0) is 10.1. The summed E-state index contributed by atoms with van der Waals surface area (Å²) >= 11 is 5.03. The number of halogens is 1. The summed E-state index contributed by atoms with van der Waals surface area (Å²) in [6.45, 7) is 2.72. The van der Waals surface area contributed by atoms with Gasteiger partial charge in [0.1, 0.15) is 6.10 Å². The van der Waals surface area contributed by atoms with Crippen LogP contribution in [0.3, 0.4) is 0 Å².